The number of hydrogen-bond donors (Lipinski definition) is 1. The van der Waals surface area contributed by atoms with Crippen molar-refractivity contribution >= 4 is 20.8 Å². The number of piperazine rings is 1. The van der Waals surface area contributed by atoms with Gasteiger partial charge in [-0.05, 0) is 30.2 Å². The SMILES string of the molecule is C[C@H](CN1CCN(Cc2ccc(CC(F)(F)F)cc2)CC1)NS(=O)(=O)c1cccc2cnccc12. The number of aromatic nitrogens is 1. The maximum absolute atomic E-state index is 13.0. The van der Waals surface area contributed by atoms with Crippen LogP contribution in [0.3, 0.4) is 0 Å². The van der Waals surface area contributed by atoms with Gasteiger partial charge in [-0.25, -0.2) is 13.1 Å². The van der Waals surface area contributed by atoms with Crippen molar-refractivity contribution in [3.8, 4) is 0 Å². The molecular formula is C25H29F3N4O2S. The quantitative estimate of drug-likeness (QED) is 0.503. The minimum atomic E-state index is -4.20. The number of halogens is 3. The van der Waals surface area contributed by atoms with Crippen LogP contribution in [0, 0.1) is 0 Å². The Morgan fingerprint density at radius 2 is 1.63 bits per heavy atom. The Labute approximate surface area is 203 Å². The van der Waals surface area contributed by atoms with E-state index in [0.717, 1.165) is 37.1 Å². The first-order valence-electron chi connectivity index (χ1n) is 11.5. The molecule has 0 spiro atoms. The van der Waals surface area contributed by atoms with Gasteiger partial charge in [-0.2, -0.15) is 13.2 Å². The second-order valence-corrected chi connectivity index (χ2v) is 10.7. The van der Waals surface area contributed by atoms with Crippen molar-refractivity contribution in [3.63, 3.8) is 0 Å². The van der Waals surface area contributed by atoms with E-state index in [-0.39, 0.29) is 16.5 Å². The van der Waals surface area contributed by atoms with Crippen LogP contribution in [-0.4, -0.2) is 68.1 Å². The predicted molar refractivity (Wildman–Crippen MR) is 129 cm³/mol. The fraction of sp³-hybridized carbons (Fsp3) is 0.400. The van der Waals surface area contributed by atoms with E-state index in [9.17, 15) is 21.6 Å². The van der Waals surface area contributed by atoms with E-state index in [0.29, 0.717) is 18.5 Å². The first-order valence-corrected chi connectivity index (χ1v) is 13.0. The van der Waals surface area contributed by atoms with Gasteiger partial charge in [0.15, 0.2) is 0 Å². The number of pyridine rings is 1. The zero-order chi connectivity index (χ0) is 25.1. The highest BCUT2D eigenvalue weighted by molar-refractivity contribution is 7.89. The van der Waals surface area contributed by atoms with E-state index in [4.69, 9.17) is 0 Å². The topological polar surface area (TPSA) is 65.5 Å². The molecule has 0 radical (unpaired) electrons. The van der Waals surface area contributed by atoms with Gasteiger partial charge in [0.05, 0.1) is 11.3 Å². The molecule has 0 amide bonds. The van der Waals surface area contributed by atoms with Gasteiger partial charge in [0, 0.05) is 68.5 Å². The lowest BCUT2D eigenvalue weighted by Crippen LogP contribution is -2.50. The number of benzene rings is 2. The molecule has 3 aromatic rings. The van der Waals surface area contributed by atoms with Gasteiger partial charge in [-0.3, -0.25) is 14.8 Å². The van der Waals surface area contributed by atoms with Crippen molar-refractivity contribution in [3.05, 3.63) is 72.1 Å². The lowest BCUT2D eigenvalue weighted by Gasteiger charge is -2.36. The fourth-order valence-electron chi connectivity index (χ4n) is 4.46. The summed E-state index contributed by atoms with van der Waals surface area (Å²) in [4.78, 5) is 8.79. The Morgan fingerprint density at radius 1 is 0.971 bits per heavy atom. The van der Waals surface area contributed by atoms with E-state index in [1.807, 2.05) is 13.0 Å². The lowest BCUT2D eigenvalue weighted by molar-refractivity contribution is -0.127. The highest BCUT2D eigenvalue weighted by atomic mass is 32.2. The summed E-state index contributed by atoms with van der Waals surface area (Å²) >= 11 is 0. The highest BCUT2D eigenvalue weighted by Gasteiger charge is 2.27. The Balaban J connectivity index is 1.27. The number of nitrogens with zero attached hydrogens (tertiary/aromatic N) is 3. The summed E-state index contributed by atoms with van der Waals surface area (Å²) in [7, 11) is -3.69. The van der Waals surface area contributed by atoms with Crippen molar-refractivity contribution in [1.82, 2.24) is 19.5 Å². The summed E-state index contributed by atoms with van der Waals surface area (Å²) in [5, 5.41) is 1.41. The smallest absolute Gasteiger partial charge is 0.299 e. The molecule has 35 heavy (non-hydrogen) atoms. The standard InChI is InChI=1S/C25H29F3N4O2S/c1-19(30-35(33,34)24-4-2-3-22-16-29-10-9-23(22)24)17-31-11-13-32(14-12-31)18-21-7-5-20(6-8-21)15-25(26,27)28/h2-10,16,19,30H,11-15,17-18H2,1H3/t19-/m1/s1. The van der Waals surface area contributed by atoms with Gasteiger partial charge in [0.25, 0.3) is 0 Å². The Bertz CT molecular complexity index is 1240. The first-order chi connectivity index (χ1) is 16.6. The van der Waals surface area contributed by atoms with Gasteiger partial charge < -0.3 is 0 Å². The molecule has 1 N–H and O–H groups in total. The molecule has 0 saturated carbocycles. The van der Waals surface area contributed by atoms with Crippen LogP contribution in [0.1, 0.15) is 18.1 Å². The molecular weight excluding hydrogens is 477 g/mol. The average molecular weight is 507 g/mol. The summed E-state index contributed by atoms with van der Waals surface area (Å²) in [5.41, 5.74) is 1.25. The molecule has 0 bridgehead atoms. The number of hydrogen-bond acceptors (Lipinski definition) is 5. The molecule has 1 aromatic heterocycles. The third kappa shape index (κ3) is 7.00. The number of nitrogens with one attached hydrogen (secondary N) is 1. The third-order valence-electron chi connectivity index (χ3n) is 6.12. The summed E-state index contributed by atoms with van der Waals surface area (Å²) < 4.78 is 66.5. The van der Waals surface area contributed by atoms with Crippen LogP contribution in [0.25, 0.3) is 10.8 Å². The summed E-state index contributed by atoms with van der Waals surface area (Å²) in [6, 6.07) is 13.2. The normalized spacial score (nSPS) is 17.0. The average Bonchev–Trinajstić information content (AvgIpc) is 2.80. The van der Waals surface area contributed by atoms with Crippen LogP contribution in [0.5, 0.6) is 0 Å². The van der Waals surface area contributed by atoms with Crippen LogP contribution in [0.4, 0.5) is 13.2 Å². The molecule has 10 heteroatoms. The summed E-state index contributed by atoms with van der Waals surface area (Å²) in [6.45, 7) is 6.32. The second-order valence-electron chi connectivity index (χ2n) is 9.06. The second kappa shape index (κ2) is 10.6. The molecule has 0 aliphatic carbocycles. The Hall–Kier alpha value is -2.53. The van der Waals surface area contributed by atoms with E-state index >= 15 is 0 Å². The molecule has 6 nitrogen and oxygen atoms in total. The van der Waals surface area contributed by atoms with Gasteiger partial charge in [0.1, 0.15) is 0 Å². The number of fused-ring (bicyclic) bond motifs is 1. The lowest BCUT2D eigenvalue weighted by atomic mass is 10.1. The van der Waals surface area contributed by atoms with Crippen molar-refractivity contribution < 1.29 is 21.6 Å². The molecule has 1 fully saturated rings. The van der Waals surface area contributed by atoms with E-state index in [1.54, 1.807) is 54.9 Å². The zero-order valence-electron chi connectivity index (χ0n) is 19.5. The zero-order valence-corrected chi connectivity index (χ0v) is 20.3. The molecule has 4 rings (SSSR count). The maximum atomic E-state index is 13.0. The van der Waals surface area contributed by atoms with E-state index in [1.165, 1.54) is 0 Å². The van der Waals surface area contributed by atoms with Gasteiger partial charge >= 0.3 is 6.18 Å². The van der Waals surface area contributed by atoms with Crippen LogP contribution >= 0.6 is 0 Å². The van der Waals surface area contributed by atoms with Gasteiger partial charge in [-0.1, -0.05) is 36.4 Å². The molecule has 2 aromatic carbocycles. The van der Waals surface area contributed by atoms with Crippen LogP contribution in [0.15, 0.2) is 65.8 Å². The molecule has 2 heterocycles. The Morgan fingerprint density at radius 3 is 2.31 bits per heavy atom. The number of sulfonamides is 1. The monoisotopic (exact) mass is 506 g/mol. The molecule has 1 aliphatic heterocycles. The third-order valence-corrected chi connectivity index (χ3v) is 7.76. The number of alkyl halides is 3. The predicted octanol–water partition coefficient (Wildman–Crippen LogP) is 3.82. The molecule has 188 valence electrons. The molecule has 1 atom stereocenters. The summed E-state index contributed by atoms with van der Waals surface area (Å²) in [6.07, 6.45) is -1.88. The van der Waals surface area contributed by atoms with Crippen LogP contribution in [-0.2, 0) is 23.0 Å². The van der Waals surface area contributed by atoms with E-state index in [2.05, 4.69) is 19.5 Å². The van der Waals surface area contributed by atoms with Crippen molar-refractivity contribution in [1.29, 1.82) is 0 Å². The van der Waals surface area contributed by atoms with Crippen molar-refractivity contribution in [2.45, 2.75) is 37.0 Å². The highest BCUT2D eigenvalue weighted by Crippen LogP contribution is 2.23. The molecule has 0 unspecified atom stereocenters. The van der Waals surface area contributed by atoms with E-state index < -0.39 is 22.6 Å². The largest absolute Gasteiger partial charge is 0.393 e. The maximum Gasteiger partial charge on any atom is 0.393 e. The number of rotatable bonds is 8. The minimum Gasteiger partial charge on any atom is -0.299 e. The van der Waals surface area contributed by atoms with Crippen molar-refractivity contribution in [2.24, 2.45) is 0 Å². The minimum absolute atomic E-state index is 0.246. The molecule has 1 aliphatic rings. The van der Waals surface area contributed by atoms with Crippen LogP contribution < -0.4 is 4.72 Å². The fourth-order valence-corrected chi connectivity index (χ4v) is 5.93. The summed E-state index contributed by atoms with van der Waals surface area (Å²) in [5.74, 6) is 0. The van der Waals surface area contributed by atoms with Crippen LogP contribution in [0.2, 0.25) is 0 Å². The Kier molecular flexibility index (Phi) is 7.75. The van der Waals surface area contributed by atoms with Crippen molar-refractivity contribution in [2.75, 3.05) is 32.7 Å². The van der Waals surface area contributed by atoms with Gasteiger partial charge in [-0.15, -0.1) is 0 Å². The molecule has 1 saturated heterocycles. The van der Waals surface area contributed by atoms with Gasteiger partial charge in [0.2, 0.25) is 10.0 Å². The first kappa shape index (κ1) is 25.6.